The molecule has 5 heteroatoms. The zero-order chi connectivity index (χ0) is 19.1. The van der Waals surface area contributed by atoms with E-state index in [1.165, 1.54) is 0 Å². The van der Waals surface area contributed by atoms with Gasteiger partial charge < -0.3 is 9.64 Å². The Bertz CT molecular complexity index is 741. The van der Waals surface area contributed by atoms with Crippen LogP contribution >= 0.6 is 0 Å². The lowest BCUT2D eigenvalue weighted by atomic mass is 9.89. The highest BCUT2D eigenvalue weighted by atomic mass is 16.5. The first-order chi connectivity index (χ1) is 13.2. The Morgan fingerprint density at radius 2 is 1.78 bits per heavy atom. The molecule has 0 spiro atoms. The largest absolute Gasteiger partial charge is 0.466 e. The fraction of sp³-hybridized carbons (Fsp3) is 0.409. The number of amides is 1. The molecule has 0 N–H and O–H groups in total. The molecule has 5 nitrogen and oxygen atoms in total. The number of piperidine rings is 1. The normalized spacial score (nSPS) is 16.0. The van der Waals surface area contributed by atoms with E-state index in [0.29, 0.717) is 39.0 Å². The molecule has 1 aromatic carbocycles. The predicted molar refractivity (Wildman–Crippen MR) is 103 cm³/mol. The average Bonchev–Trinajstić information content (AvgIpc) is 2.73. The summed E-state index contributed by atoms with van der Waals surface area (Å²) in [6.45, 7) is 3.42. The van der Waals surface area contributed by atoms with Gasteiger partial charge in [-0.3, -0.25) is 14.6 Å². The number of esters is 1. The number of aromatic nitrogens is 1. The molecule has 1 saturated heterocycles. The summed E-state index contributed by atoms with van der Waals surface area (Å²) in [4.78, 5) is 31.2. The van der Waals surface area contributed by atoms with Gasteiger partial charge in [-0.05, 0) is 49.4 Å². The molecule has 2 aromatic rings. The second-order valence-electron chi connectivity index (χ2n) is 6.87. The van der Waals surface area contributed by atoms with Crippen molar-refractivity contribution in [3.63, 3.8) is 0 Å². The van der Waals surface area contributed by atoms with Crippen LogP contribution in [-0.4, -0.2) is 41.5 Å². The summed E-state index contributed by atoms with van der Waals surface area (Å²) in [6.07, 6.45) is 5.49. The summed E-state index contributed by atoms with van der Waals surface area (Å²) in [5.74, 6) is -0.335. The third-order valence-corrected chi connectivity index (χ3v) is 5.12. The highest BCUT2D eigenvalue weighted by Gasteiger charge is 2.32. The third-order valence-electron chi connectivity index (χ3n) is 5.12. The summed E-state index contributed by atoms with van der Waals surface area (Å²) in [5, 5.41) is 0. The lowest BCUT2D eigenvalue weighted by Crippen LogP contribution is -2.43. The molecule has 1 aliphatic rings. The number of ether oxygens (including phenoxy) is 1. The maximum absolute atomic E-state index is 13.3. The minimum atomic E-state index is -0.229. The SMILES string of the molecule is CCOC(=O)C1CCN(C(=O)C(Cc2ccncc2)c2ccccc2)CC1. The number of hydrogen-bond donors (Lipinski definition) is 0. The summed E-state index contributed by atoms with van der Waals surface area (Å²) in [5.41, 5.74) is 2.11. The van der Waals surface area contributed by atoms with Crippen molar-refractivity contribution in [2.45, 2.75) is 32.1 Å². The van der Waals surface area contributed by atoms with E-state index < -0.39 is 0 Å². The molecule has 3 rings (SSSR count). The monoisotopic (exact) mass is 366 g/mol. The highest BCUT2D eigenvalue weighted by Crippen LogP contribution is 2.26. The minimum absolute atomic E-state index is 0.0932. The summed E-state index contributed by atoms with van der Waals surface area (Å²) < 4.78 is 5.12. The van der Waals surface area contributed by atoms with Crippen LogP contribution in [0.2, 0.25) is 0 Å². The second kappa shape index (κ2) is 9.31. The van der Waals surface area contributed by atoms with Crippen LogP contribution in [0.3, 0.4) is 0 Å². The molecular weight excluding hydrogens is 340 g/mol. The Hall–Kier alpha value is -2.69. The predicted octanol–water partition coefficient (Wildman–Crippen LogP) is 3.21. The van der Waals surface area contributed by atoms with Crippen LogP contribution in [0, 0.1) is 5.92 Å². The fourth-order valence-electron chi connectivity index (χ4n) is 3.60. The Morgan fingerprint density at radius 3 is 2.41 bits per heavy atom. The van der Waals surface area contributed by atoms with Crippen molar-refractivity contribution in [1.82, 2.24) is 9.88 Å². The molecule has 1 aliphatic heterocycles. The third kappa shape index (κ3) is 4.94. The number of carbonyl (C=O) groups is 2. The zero-order valence-electron chi connectivity index (χ0n) is 15.7. The standard InChI is InChI=1S/C22H26N2O3/c1-2-27-22(26)19-10-14-24(15-11-19)21(25)20(18-6-4-3-5-7-18)16-17-8-12-23-13-9-17/h3-9,12-13,19-20H,2,10-11,14-16H2,1H3. The summed E-state index contributed by atoms with van der Waals surface area (Å²) in [6, 6.07) is 13.8. The van der Waals surface area contributed by atoms with Crippen molar-refractivity contribution in [2.24, 2.45) is 5.92 Å². The van der Waals surface area contributed by atoms with Crippen molar-refractivity contribution in [2.75, 3.05) is 19.7 Å². The summed E-state index contributed by atoms with van der Waals surface area (Å²) in [7, 11) is 0. The van der Waals surface area contributed by atoms with E-state index in [-0.39, 0.29) is 23.7 Å². The number of likely N-dealkylation sites (tertiary alicyclic amines) is 1. The molecule has 0 radical (unpaired) electrons. The van der Waals surface area contributed by atoms with Gasteiger partial charge in [0.2, 0.25) is 5.91 Å². The molecular formula is C22H26N2O3. The van der Waals surface area contributed by atoms with E-state index in [1.54, 1.807) is 12.4 Å². The molecule has 1 unspecified atom stereocenters. The van der Waals surface area contributed by atoms with Crippen LogP contribution in [0.1, 0.15) is 36.8 Å². The Morgan fingerprint density at radius 1 is 1.11 bits per heavy atom. The van der Waals surface area contributed by atoms with Gasteiger partial charge in [0.25, 0.3) is 0 Å². The Labute approximate surface area is 160 Å². The van der Waals surface area contributed by atoms with Gasteiger partial charge in [-0.15, -0.1) is 0 Å². The lowest BCUT2D eigenvalue weighted by Gasteiger charge is -2.33. The van der Waals surface area contributed by atoms with Crippen molar-refractivity contribution in [1.29, 1.82) is 0 Å². The van der Waals surface area contributed by atoms with Crippen molar-refractivity contribution in [3.05, 3.63) is 66.0 Å². The van der Waals surface area contributed by atoms with Gasteiger partial charge >= 0.3 is 5.97 Å². The first-order valence-electron chi connectivity index (χ1n) is 9.58. The van der Waals surface area contributed by atoms with Crippen LogP contribution in [-0.2, 0) is 20.7 Å². The van der Waals surface area contributed by atoms with Crippen LogP contribution < -0.4 is 0 Å². The minimum Gasteiger partial charge on any atom is -0.466 e. The molecule has 1 amide bonds. The quantitative estimate of drug-likeness (QED) is 0.737. The molecule has 142 valence electrons. The molecule has 0 aliphatic carbocycles. The molecule has 0 saturated carbocycles. The molecule has 0 bridgehead atoms. The molecule has 27 heavy (non-hydrogen) atoms. The van der Waals surface area contributed by atoms with Gasteiger partial charge in [0.1, 0.15) is 0 Å². The number of rotatable bonds is 6. The van der Waals surface area contributed by atoms with Gasteiger partial charge in [-0.25, -0.2) is 0 Å². The van der Waals surface area contributed by atoms with Crippen LogP contribution in [0.5, 0.6) is 0 Å². The smallest absolute Gasteiger partial charge is 0.309 e. The number of nitrogens with zero attached hydrogens (tertiary/aromatic N) is 2. The van der Waals surface area contributed by atoms with Gasteiger partial charge in [0.05, 0.1) is 18.4 Å². The zero-order valence-corrected chi connectivity index (χ0v) is 15.7. The first kappa shape index (κ1) is 19.1. The maximum Gasteiger partial charge on any atom is 0.309 e. The van der Waals surface area contributed by atoms with Gasteiger partial charge in [0.15, 0.2) is 0 Å². The van der Waals surface area contributed by atoms with E-state index in [1.807, 2.05) is 54.3 Å². The van der Waals surface area contributed by atoms with E-state index in [4.69, 9.17) is 4.74 Å². The second-order valence-corrected chi connectivity index (χ2v) is 6.87. The number of hydrogen-bond acceptors (Lipinski definition) is 4. The molecule has 1 aromatic heterocycles. The van der Waals surface area contributed by atoms with E-state index in [0.717, 1.165) is 11.1 Å². The van der Waals surface area contributed by atoms with Gasteiger partial charge in [-0.1, -0.05) is 30.3 Å². The van der Waals surface area contributed by atoms with E-state index in [9.17, 15) is 9.59 Å². The highest BCUT2D eigenvalue weighted by molar-refractivity contribution is 5.84. The fourth-order valence-corrected chi connectivity index (χ4v) is 3.60. The number of carbonyl (C=O) groups excluding carboxylic acids is 2. The average molecular weight is 366 g/mol. The van der Waals surface area contributed by atoms with Crippen LogP contribution in [0.15, 0.2) is 54.9 Å². The number of pyridine rings is 1. The molecule has 1 fully saturated rings. The van der Waals surface area contributed by atoms with Crippen LogP contribution in [0.25, 0.3) is 0 Å². The number of benzene rings is 1. The van der Waals surface area contributed by atoms with E-state index >= 15 is 0 Å². The molecule has 2 heterocycles. The van der Waals surface area contributed by atoms with Gasteiger partial charge in [0, 0.05) is 25.5 Å². The molecule has 1 atom stereocenters. The Balaban J connectivity index is 1.71. The van der Waals surface area contributed by atoms with Crippen LogP contribution in [0.4, 0.5) is 0 Å². The lowest BCUT2D eigenvalue weighted by molar-refractivity contribution is -0.151. The van der Waals surface area contributed by atoms with E-state index in [2.05, 4.69) is 4.98 Å². The first-order valence-corrected chi connectivity index (χ1v) is 9.58. The van der Waals surface area contributed by atoms with Crippen molar-refractivity contribution >= 4 is 11.9 Å². The maximum atomic E-state index is 13.3. The topological polar surface area (TPSA) is 59.5 Å². The Kier molecular flexibility index (Phi) is 6.58. The van der Waals surface area contributed by atoms with Gasteiger partial charge in [-0.2, -0.15) is 0 Å². The summed E-state index contributed by atoms with van der Waals surface area (Å²) >= 11 is 0. The van der Waals surface area contributed by atoms with Crippen molar-refractivity contribution < 1.29 is 14.3 Å². The van der Waals surface area contributed by atoms with Crippen molar-refractivity contribution in [3.8, 4) is 0 Å².